The Morgan fingerprint density at radius 1 is 0.755 bits per heavy atom. The Morgan fingerprint density at radius 2 is 1.29 bits per heavy atom. The first-order valence-corrected chi connectivity index (χ1v) is 15.7. The molecule has 0 spiro atoms. The number of ketones is 2. The van der Waals surface area contributed by atoms with Gasteiger partial charge in [0.25, 0.3) is 0 Å². The summed E-state index contributed by atoms with van der Waals surface area (Å²) >= 11 is 0. The molecule has 19 heteroatoms. The van der Waals surface area contributed by atoms with E-state index in [-0.39, 0.29) is 95.5 Å². The summed E-state index contributed by atoms with van der Waals surface area (Å²) in [5, 5.41) is 14.7. The van der Waals surface area contributed by atoms with Gasteiger partial charge < -0.3 is 37.2 Å². The van der Waals surface area contributed by atoms with Crippen LogP contribution in [0.4, 0.5) is 0 Å². The number of rotatable bonds is 26. The highest BCUT2D eigenvalue weighted by Crippen LogP contribution is 2.11. The number of carboxylic acids is 1. The molecule has 2 heterocycles. The number of primary amides is 2. The standard InChI is InChI=1S/C30H47N11O8/c1-3-23(42)13-40(16-27(45)38-25(30(32)49)10-22-12-35-19-37-22)6-4-39(17-28(46)47)5-7-41(15-26(44)33-2)14-24(43)9-20(29(31)48)8-21-11-34-18-36-21/h11-12,18-20,25H,3-10,13-17H2,1-2H3,(H2,31,48)(H2,32,49)(H,33,44)(H,34,36)(H,35,37)(H,38,45)(H,46,47). The smallest absolute Gasteiger partial charge is 0.317 e. The third kappa shape index (κ3) is 16.1. The quantitative estimate of drug-likeness (QED) is 0.0509. The third-order valence-electron chi connectivity index (χ3n) is 7.59. The molecule has 0 saturated heterocycles. The number of H-pyrrole nitrogens is 2. The topological polar surface area (TPSA) is 283 Å². The summed E-state index contributed by atoms with van der Waals surface area (Å²) in [6.45, 7) is 0.993. The summed E-state index contributed by atoms with van der Waals surface area (Å²) in [6, 6.07) is -1.03. The van der Waals surface area contributed by atoms with E-state index in [0.717, 1.165) is 0 Å². The zero-order chi connectivity index (χ0) is 36.3. The second kappa shape index (κ2) is 21.1. The molecule has 0 saturated carbocycles. The number of nitrogens with one attached hydrogen (secondary N) is 4. The highest BCUT2D eigenvalue weighted by Gasteiger charge is 2.25. The van der Waals surface area contributed by atoms with Gasteiger partial charge in [0.2, 0.25) is 23.6 Å². The van der Waals surface area contributed by atoms with E-state index < -0.39 is 42.2 Å². The molecule has 0 aliphatic heterocycles. The van der Waals surface area contributed by atoms with E-state index in [1.54, 1.807) is 21.6 Å². The predicted molar refractivity (Wildman–Crippen MR) is 174 cm³/mol. The molecule has 270 valence electrons. The molecule has 2 aromatic rings. The Hall–Kier alpha value is -5.01. The number of amides is 4. The lowest BCUT2D eigenvalue weighted by Crippen LogP contribution is -2.51. The lowest BCUT2D eigenvalue weighted by atomic mass is 9.96. The van der Waals surface area contributed by atoms with Crippen LogP contribution < -0.4 is 22.1 Å². The fourth-order valence-electron chi connectivity index (χ4n) is 4.90. The van der Waals surface area contributed by atoms with Crippen LogP contribution in [0.3, 0.4) is 0 Å². The summed E-state index contributed by atoms with van der Waals surface area (Å²) < 4.78 is 0. The van der Waals surface area contributed by atoms with Gasteiger partial charge in [0, 0.05) is 82.7 Å². The first-order chi connectivity index (χ1) is 23.3. The number of carbonyl (C=O) groups excluding carboxylic acids is 6. The number of hydrogen-bond donors (Lipinski definition) is 7. The summed E-state index contributed by atoms with van der Waals surface area (Å²) in [6.07, 6.45) is 6.21. The van der Waals surface area contributed by atoms with Crippen molar-refractivity contribution in [2.24, 2.45) is 17.4 Å². The van der Waals surface area contributed by atoms with Crippen molar-refractivity contribution in [2.45, 2.75) is 38.6 Å². The number of aromatic amines is 2. The van der Waals surface area contributed by atoms with Gasteiger partial charge in [0.05, 0.1) is 51.3 Å². The second-order valence-corrected chi connectivity index (χ2v) is 11.6. The lowest BCUT2D eigenvalue weighted by Gasteiger charge is -2.29. The number of aromatic nitrogens is 4. The largest absolute Gasteiger partial charge is 0.480 e. The van der Waals surface area contributed by atoms with E-state index in [1.807, 2.05) is 0 Å². The Morgan fingerprint density at radius 3 is 1.76 bits per heavy atom. The van der Waals surface area contributed by atoms with Crippen LogP contribution in [0.5, 0.6) is 0 Å². The number of carboxylic acid groups (broad SMARTS) is 1. The van der Waals surface area contributed by atoms with Crippen molar-refractivity contribution >= 4 is 41.2 Å². The maximum absolute atomic E-state index is 13.0. The summed E-state index contributed by atoms with van der Waals surface area (Å²) in [4.78, 5) is 104. The summed E-state index contributed by atoms with van der Waals surface area (Å²) in [5.41, 5.74) is 12.2. The molecule has 9 N–H and O–H groups in total. The van der Waals surface area contributed by atoms with Crippen LogP contribution in [-0.2, 0) is 46.4 Å². The highest BCUT2D eigenvalue weighted by atomic mass is 16.4. The fourth-order valence-corrected chi connectivity index (χ4v) is 4.90. The molecule has 2 rings (SSSR count). The minimum atomic E-state index is -1.13. The lowest BCUT2D eigenvalue weighted by molar-refractivity contribution is -0.139. The summed E-state index contributed by atoms with van der Waals surface area (Å²) in [7, 11) is 1.44. The van der Waals surface area contributed by atoms with E-state index in [9.17, 15) is 38.7 Å². The molecule has 49 heavy (non-hydrogen) atoms. The van der Waals surface area contributed by atoms with Crippen molar-refractivity contribution in [3.05, 3.63) is 36.4 Å². The molecule has 2 aromatic heterocycles. The van der Waals surface area contributed by atoms with Crippen LogP contribution >= 0.6 is 0 Å². The Kier molecular flexibility index (Phi) is 17.3. The second-order valence-electron chi connectivity index (χ2n) is 11.6. The van der Waals surface area contributed by atoms with Crippen LogP contribution in [0.2, 0.25) is 0 Å². The number of likely N-dealkylation sites (N-methyl/N-ethyl adjacent to an activating group) is 1. The van der Waals surface area contributed by atoms with Crippen LogP contribution in [0.25, 0.3) is 0 Å². The van der Waals surface area contributed by atoms with E-state index in [0.29, 0.717) is 11.4 Å². The number of imidazole rings is 2. The molecule has 2 unspecified atom stereocenters. The summed E-state index contributed by atoms with van der Waals surface area (Å²) in [5.74, 6) is -4.77. The fraction of sp³-hybridized carbons (Fsp3) is 0.567. The predicted octanol–water partition coefficient (Wildman–Crippen LogP) is -3.34. The molecule has 0 radical (unpaired) electrons. The molecular weight excluding hydrogens is 642 g/mol. The average molecular weight is 690 g/mol. The number of aliphatic carboxylic acids is 1. The Labute approximate surface area is 283 Å². The van der Waals surface area contributed by atoms with Crippen molar-refractivity contribution in [1.82, 2.24) is 45.3 Å². The number of nitrogens with two attached hydrogens (primary N) is 2. The van der Waals surface area contributed by atoms with Crippen molar-refractivity contribution in [1.29, 1.82) is 0 Å². The van der Waals surface area contributed by atoms with E-state index in [4.69, 9.17) is 11.5 Å². The average Bonchev–Trinajstić information content (AvgIpc) is 3.75. The van der Waals surface area contributed by atoms with Gasteiger partial charge in [-0.2, -0.15) is 0 Å². The molecule has 0 aliphatic carbocycles. The number of Topliss-reactive ketones (excluding diaryl/α,β-unsaturated/α-hetero) is 2. The first-order valence-electron chi connectivity index (χ1n) is 15.7. The zero-order valence-corrected chi connectivity index (χ0v) is 27.9. The van der Waals surface area contributed by atoms with Crippen molar-refractivity contribution in [3.8, 4) is 0 Å². The van der Waals surface area contributed by atoms with E-state index >= 15 is 0 Å². The van der Waals surface area contributed by atoms with Crippen LogP contribution in [0.15, 0.2) is 25.0 Å². The molecule has 0 aliphatic rings. The molecular formula is C30H47N11O8. The zero-order valence-electron chi connectivity index (χ0n) is 27.9. The van der Waals surface area contributed by atoms with Gasteiger partial charge in [0.15, 0.2) is 0 Å². The molecule has 2 atom stereocenters. The maximum atomic E-state index is 13.0. The van der Waals surface area contributed by atoms with Gasteiger partial charge in [0.1, 0.15) is 17.6 Å². The number of nitrogens with zero attached hydrogens (tertiary/aromatic N) is 5. The van der Waals surface area contributed by atoms with Gasteiger partial charge in [-0.1, -0.05) is 6.92 Å². The van der Waals surface area contributed by atoms with Gasteiger partial charge in [-0.3, -0.25) is 48.3 Å². The van der Waals surface area contributed by atoms with Gasteiger partial charge in [-0.15, -0.1) is 0 Å². The van der Waals surface area contributed by atoms with Crippen molar-refractivity contribution in [3.63, 3.8) is 0 Å². The molecule has 0 aromatic carbocycles. The van der Waals surface area contributed by atoms with Gasteiger partial charge >= 0.3 is 5.97 Å². The van der Waals surface area contributed by atoms with Crippen LogP contribution in [-0.4, -0.2) is 153 Å². The Bertz CT molecular complexity index is 1290. The van der Waals surface area contributed by atoms with Crippen LogP contribution in [0.1, 0.15) is 31.2 Å². The van der Waals surface area contributed by atoms with Gasteiger partial charge in [-0.05, 0) is 0 Å². The normalized spacial score (nSPS) is 12.5. The van der Waals surface area contributed by atoms with Crippen molar-refractivity contribution in [2.75, 3.05) is 66.0 Å². The van der Waals surface area contributed by atoms with E-state index in [1.165, 1.54) is 32.1 Å². The van der Waals surface area contributed by atoms with E-state index in [2.05, 4.69) is 30.6 Å². The monoisotopic (exact) mass is 689 g/mol. The Balaban J connectivity index is 2.07. The van der Waals surface area contributed by atoms with Crippen molar-refractivity contribution < 1.29 is 38.7 Å². The number of hydrogen-bond acceptors (Lipinski definition) is 12. The highest BCUT2D eigenvalue weighted by molar-refractivity contribution is 5.88. The molecule has 0 fully saturated rings. The molecule has 0 bridgehead atoms. The first kappa shape index (κ1) is 40.2. The van der Waals surface area contributed by atoms with Gasteiger partial charge in [-0.25, -0.2) is 9.97 Å². The minimum Gasteiger partial charge on any atom is -0.480 e. The molecule has 4 amide bonds. The number of carbonyl (C=O) groups is 7. The third-order valence-corrected chi connectivity index (χ3v) is 7.59. The SMILES string of the molecule is CCC(=O)CN(CCN(CCN(CC(=O)CC(Cc1cnc[nH]1)C(N)=O)CC(=O)NC)CC(=O)O)CC(=O)NC(Cc1cnc[nH]1)C(N)=O. The minimum absolute atomic E-state index is 0.0872. The maximum Gasteiger partial charge on any atom is 0.317 e. The van der Waals surface area contributed by atoms with Crippen LogP contribution in [0, 0.1) is 5.92 Å². The molecule has 19 nitrogen and oxygen atoms in total.